The van der Waals surface area contributed by atoms with Crippen LogP contribution in [0.5, 0.6) is 11.5 Å². The minimum absolute atomic E-state index is 0. The Balaban J connectivity index is 0.00000420. The average molecular weight is 520 g/mol. The van der Waals surface area contributed by atoms with Crippen LogP contribution in [0.25, 0.3) is 0 Å². The monoisotopic (exact) mass is 520 g/mol. The number of fused-ring (bicyclic) bond motifs is 1. The number of likely N-dealkylation sites (N-methyl/N-ethyl adjacent to an activating group) is 1. The Morgan fingerprint density at radius 1 is 1.31 bits per heavy atom. The lowest BCUT2D eigenvalue weighted by Gasteiger charge is -2.19. The highest BCUT2D eigenvalue weighted by atomic mass is 127. The molecule has 0 aromatic heterocycles. The van der Waals surface area contributed by atoms with Gasteiger partial charge in [-0.25, -0.2) is 0 Å². The van der Waals surface area contributed by atoms with Crippen molar-refractivity contribution in [2.45, 2.75) is 39.3 Å². The lowest BCUT2D eigenvalue weighted by Crippen LogP contribution is -2.40. The summed E-state index contributed by atoms with van der Waals surface area (Å²) in [6, 6.07) is 4.21. The molecule has 0 saturated carbocycles. The van der Waals surface area contributed by atoms with E-state index in [1.54, 1.807) is 14.2 Å². The molecule has 8 heteroatoms. The molecular formula is C21H37IN4O3. The minimum atomic E-state index is 0. The van der Waals surface area contributed by atoms with E-state index >= 15 is 0 Å². The van der Waals surface area contributed by atoms with Gasteiger partial charge in [0.2, 0.25) is 0 Å². The van der Waals surface area contributed by atoms with E-state index in [2.05, 4.69) is 46.6 Å². The maximum absolute atomic E-state index is 5.90. The third-order valence-electron chi connectivity index (χ3n) is 4.72. The van der Waals surface area contributed by atoms with Crippen LogP contribution >= 0.6 is 24.0 Å². The Kier molecular flexibility index (Phi) is 12.3. The summed E-state index contributed by atoms with van der Waals surface area (Å²) in [6.45, 7) is 8.96. The normalized spacial score (nSPS) is 15.5. The highest BCUT2D eigenvalue weighted by Gasteiger charge is 2.21. The second-order valence-electron chi connectivity index (χ2n) is 7.14. The van der Waals surface area contributed by atoms with Crippen molar-refractivity contribution in [1.82, 2.24) is 15.5 Å². The van der Waals surface area contributed by atoms with Crippen molar-refractivity contribution in [3.63, 3.8) is 0 Å². The van der Waals surface area contributed by atoms with Gasteiger partial charge < -0.3 is 29.7 Å². The largest absolute Gasteiger partial charge is 0.494 e. The van der Waals surface area contributed by atoms with Gasteiger partial charge in [-0.3, -0.25) is 4.99 Å². The number of hydrogen-bond donors (Lipinski definition) is 2. The molecule has 0 fully saturated rings. The fraction of sp³-hybridized carbons (Fsp3) is 0.667. The third kappa shape index (κ3) is 8.55. The van der Waals surface area contributed by atoms with Gasteiger partial charge in [-0.1, -0.05) is 0 Å². The summed E-state index contributed by atoms with van der Waals surface area (Å²) in [5.74, 6) is 2.66. The number of rotatable bonds is 11. The molecule has 1 aromatic carbocycles. The van der Waals surface area contributed by atoms with Crippen molar-refractivity contribution in [1.29, 1.82) is 0 Å². The highest BCUT2D eigenvalue weighted by molar-refractivity contribution is 14.0. The van der Waals surface area contributed by atoms with Crippen LogP contribution in [0.4, 0.5) is 0 Å². The predicted octanol–water partition coefficient (Wildman–Crippen LogP) is 2.66. The fourth-order valence-corrected chi connectivity index (χ4v) is 3.26. The third-order valence-corrected chi connectivity index (χ3v) is 4.72. The SMILES string of the molecule is CCOc1cc2c(cc1CNC(=NC)NCCN(C)CCCOC)OC(C)C2.I. The number of aliphatic imine (C=N–C) groups is 1. The lowest BCUT2D eigenvalue weighted by atomic mass is 10.1. The molecule has 0 saturated heterocycles. The molecule has 29 heavy (non-hydrogen) atoms. The van der Waals surface area contributed by atoms with Crippen LogP contribution in [0.2, 0.25) is 0 Å². The first-order chi connectivity index (χ1) is 13.6. The Hall–Kier alpha value is -1.26. The topological polar surface area (TPSA) is 67.4 Å². The van der Waals surface area contributed by atoms with Gasteiger partial charge in [0.25, 0.3) is 0 Å². The first-order valence-electron chi connectivity index (χ1n) is 10.1. The number of nitrogens with one attached hydrogen (secondary N) is 2. The molecule has 1 aliphatic rings. The van der Waals surface area contributed by atoms with E-state index in [-0.39, 0.29) is 30.1 Å². The van der Waals surface area contributed by atoms with E-state index in [1.165, 1.54) is 5.56 Å². The first kappa shape index (κ1) is 25.8. The Labute approximate surface area is 192 Å². The summed E-state index contributed by atoms with van der Waals surface area (Å²) >= 11 is 0. The molecule has 1 aliphatic heterocycles. The molecule has 1 aromatic rings. The van der Waals surface area contributed by atoms with Crippen LogP contribution in [0.15, 0.2) is 17.1 Å². The number of methoxy groups -OCH3 is 1. The maximum Gasteiger partial charge on any atom is 0.191 e. The van der Waals surface area contributed by atoms with Gasteiger partial charge in [0.05, 0.1) is 6.61 Å². The van der Waals surface area contributed by atoms with E-state index in [0.29, 0.717) is 13.2 Å². The zero-order valence-corrected chi connectivity index (χ0v) is 20.7. The molecule has 0 radical (unpaired) electrons. The van der Waals surface area contributed by atoms with E-state index in [9.17, 15) is 0 Å². The van der Waals surface area contributed by atoms with Crippen molar-refractivity contribution in [3.05, 3.63) is 23.3 Å². The molecule has 1 atom stereocenters. The summed E-state index contributed by atoms with van der Waals surface area (Å²) in [4.78, 5) is 6.60. The minimum Gasteiger partial charge on any atom is -0.494 e. The molecule has 7 nitrogen and oxygen atoms in total. The number of nitrogens with zero attached hydrogens (tertiary/aromatic N) is 2. The van der Waals surface area contributed by atoms with E-state index < -0.39 is 0 Å². The van der Waals surface area contributed by atoms with Gasteiger partial charge in [-0.05, 0) is 39.4 Å². The van der Waals surface area contributed by atoms with Crippen molar-refractivity contribution in [2.75, 3.05) is 54.1 Å². The zero-order valence-electron chi connectivity index (χ0n) is 18.4. The second-order valence-corrected chi connectivity index (χ2v) is 7.14. The quantitative estimate of drug-likeness (QED) is 0.203. The summed E-state index contributed by atoms with van der Waals surface area (Å²) in [7, 11) is 5.64. The van der Waals surface area contributed by atoms with E-state index in [0.717, 1.165) is 62.1 Å². The summed E-state index contributed by atoms with van der Waals surface area (Å²) in [5.41, 5.74) is 2.30. The van der Waals surface area contributed by atoms with Crippen molar-refractivity contribution < 1.29 is 14.2 Å². The number of benzene rings is 1. The highest BCUT2D eigenvalue weighted by Crippen LogP contribution is 2.35. The van der Waals surface area contributed by atoms with Crippen molar-refractivity contribution in [2.24, 2.45) is 4.99 Å². The van der Waals surface area contributed by atoms with Crippen LogP contribution < -0.4 is 20.1 Å². The van der Waals surface area contributed by atoms with Crippen LogP contribution in [0.3, 0.4) is 0 Å². The van der Waals surface area contributed by atoms with Crippen LogP contribution in [0.1, 0.15) is 31.4 Å². The predicted molar refractivity (Wildman–Crippen MR) is 129 cm³/mol. The summed E-state index contributed by atoms with van der Waals surface area (Å²) < 4.78 is 16.8. The van der Waals surface area contributed by atoms with E-state index in [1.807, 2.05) is 6.92 Å². The van der Waals surface area contributed by atoms with Crippen molar-refractivity contribution in [3.8, 4) is 11.5 Å². The number of guanidine groups is 1. The Morgan fingerprint density at radius 3 is 2.79 bits per heavy atom. The molecule has 1 heterocycles. The summed E-state index contributed by atoms with van der Waals surface area (Å²) in [5, 5.41) is 6.74. The van der Waals surface area contributed by atoms with Gasteiger partial charge in [0.15, 0.2) is 5.96 Å². The molecule has 0 spiro atoms. The molecule has 0 aliphatic carbocycles. The number of hydrogen-bond acceptors (Lipinski definition) is 5. The standard InChI is InChI=1S/C21H36N4O3.HI/c1-6-27-19-13-17-12-16(2)28-20(17)14-18(19)15-24-21(22-3)23-8-10-25(4)9-7-11-26-5;/h13-14,16H,6-12,15H2,1-5H3,(H2,22,23,24);1H. The maximum atomic E-state index is 5.90. The molecule has 0 amide bonds. The zero-order chi connectivity index (χ0) is 20.4. The molecule has 166 valence electrons. The molecular weight excluding hydrogens is 483 g/mol. The molecule has 2 N–H and O–H groups in total. The van der Waals surface area contributed by atoms with Crippen LogP contribution in [0, 0.1) is 0 Å². The van der Waals surface area contributed by atoms with Crippen LogP contribution in [-0.2, 0) is 17.7 Å². The van der Waals surface area contributed by atoms with Crippen LogP contribution in [-0.4, -0.2) is 71.0 Å². The smallest absolute Gasteiger partial charge is 0.191 e. The lowest BCUT2D eigenvalue weighted by molar-refractivity contribution is 0.180. The van der Waals surface area contributed by atoms with Gasteiger partial charge in [-0.2, -0.15) is 0 Å². The molecule has 1 unspecified atom stereocenters. The molecule has 0 bridgehead atoms. The number of halogens is 1. The van der Waals surface area contributed by atoms with E-state index in [4.69, 9.17) is 14.2 Å². The van der Waals surface area contributed by atoms with Gasteiger partial charge in [0, 0.05) is 64.5 Å². The van der Waals surface area contributed by atoms with Gasteiger partial charge >= 0.3 is 0 Å². The molecule has 2 rings (SSSR count). The Morgan fingerprint density at radius 2 is 2.10 bits per heavy atom. The summed E-state index contributed by atoms with van der Waals surface area (Å²) in [6.07, 6.45) is 2.20. The van der Waals surface area contributed by atoms with Gasteiger partial charge in [-0.15, -0.1) is 24.0 Å². The Bertz CT molecular complexity index is 643. The number of ether oxygens (including phenoxy) is 3. The second kappa shape index (κ2) is 13.9. The first-order valence-corrected chi connectivity index (χ1v) is 10.1. The average Bonchev–Trinajstić information content (AvgIpc) is 3.03. The van der Waals surface area contributed by atoms with Gasteiger partial charge in [0.1, 0.15) is 17.6 Å². The van der Waals surface area contributed by atoms with Crippen molar-refractivity contribution >= 4 is 29.9 Å². The fourth-order valence-electron chi connectivity index (χ4n) is 3.26.